The number of hydrogen-bond acceptors (Lipinski definition) is 6. The summed E-state index contributed by atoms with van der Waals surface area (Å²) in [6.07, 6.45) is 6.51. The summed E-state index contributed by atoms with van der Waals surface area (Å²) >= 11 is 1.07. The molecule has 120 valence electrons. The summed E-state index contributed by atoms with van der Waals surface area (Å²) in [5.41, 5.74) is -0.241. The highest BCUT2D eigenvalue weighted by Crippen LogP contribution is 2.28. The molecule has 4 atom stereocenters. The summed E-state index contributed by atoms with van der Waals surface area (Å²) in [5.74, 6) is 0. The van der Waals surface area contributed by atoms with Crippen molar-refractivity contribution in [3.63, 3.8) is 0 Å². The maximum absolute atomic E-state index is 11.5. The standard InChI is InChI=1S/C15H24O5S/c1-15(2,3)20-11-6-5-10(19-14(16)21-4)7-12-13(8-11)18-9-17-12/h5-6,10-13H,7-9H2,1-4H3/b6-5+. The number of carbonyl (C=O) groups excluding carboxylic acids is 1. The Morgan fingerprint density at radius 3 is 2.29 bits per heavy atom. The van der Waals surface area contributed by atoms with Gasteiger partial charge >= 0.3 is 5.30 Å². The maximum Gasteiger partial charge on any atom is 0.367 e. The van der Waals surface area contributed by atoms with Crippen LogP contribution < -0.4 is 0 Å². The van der Waals surface area contributed by atoms with Crippen molar-refractivity contribution in [2.24, 2.45) is 0 Å². The van der Waals surface area contributed by atoms with Crippen LogP contribution in [-0.4, -0.2) is 48.4 Å². The minimum absolute atomic E-state index is 0.0159. The molecule has 2 rings (SSSR count). The molecule has 0 saturated carbocycles. The van der Waals surface area contributed by atoms with Gasteiger partial charge in [0.15, 0.2) is 0 Å². The van der Waals surface area contributed by atoms with E-state index in [0.717, 1.165) is 18.2 Å². The first-order valence-electron chi connectivity index (χ1n) is 7.21. The number of rotatable bonds is 2. The average molecular weight is 316 g/mol. The van der Waals surface area contributed by atoms with Gasteiger partial charge in [0.05, 0.1) is 23.9 Å². The lowest BCUT2D eigenvalue weighted by atomic mass is 9.96. The van der Waals surface area contributed by atoms with E-state index in [-0.39, 0.29) is 35.3 Å². The third-order valence-electron chi connectivity index (χ3n) is 3.37. The SMILES string of the molecule is CSC(=O)OC1/C=C/C(OC(C)(C)C)CC2OCOC2C1. The third kappa shape index (κ3) is 5.29. The van der Waals surface area contributed by atoms with Crippen molar-refractivity contribution < 1.29 is 23.7 Å². The quantitative estimate of drug-likeness (QED) is 0.576. The van der Waals surface area contributed by atoms with Crippen LogP contribution in [-0.2, 0) is 18.9 Å². The Morgan fingerprint density at radius 2 is 1.71 bits per heavy atom. The highest BCUT2D eigenvalue weighted by atomic mass is 32.2. The highest BCUT2D eigenvalue weighted by Gasteiger charge is 2.36. The monoisotopic (exact) mass is 316 g/mol. The Morgan fingerprint density at radius 1 is 1.14 bits per heavy atom. The van der Waals surface area contributed by atoms with E-state index >= 15 is 0 Å². The lowest BCUT2D eigenvalue weighted by Crippen LogP contribution is -2.36. The first-order valence-corrected chi connectivity index (χ1v) is 8.44. The molecular weight excluding hydrogens is 292 g/mol. The van der Waals surface area contributed by atoms with Crippen LogP contribution >= 0.6 is 11.8 Å². The molecule has 0 amide bonds. The normalized spacial score (nSPS) is 34.7. The fraction of sp³-hybridized carbons (Fsp3) is 0.800. The van der Waals surface area contributed by atoms with E-state index in [4.69, 9.17) is 18.9 Å². The summed E-state index contributed by atoms with van der Waals surface area (Å²) < 4.78 is 22.7. The zero-order chi connectivity index (χ0) is 15.5. The van der Waals surface area contributed by atoms with Crippen molar-refractivity contribution in [1.82, 2.24) is 0 Å². The molecule has 1 aliphatic heterocycles. The van der Waals surface area contributed by atoms with E-state index in [2.05, 4.69) is 0 Å². The molecule has 1 saturated heterocycles. The van der Waals surface area contributed by atoms with Crippen LogP contribution in [0.4, 0.5) is 4.79 Å². The molecule has 6 heteroatoms. The van der Waals surface area contributed by atoms with Gasteiger partial charge in [-0.15, -0.1) is 0 Å². The topological polar surface area (TPSA) is 54.0 Å². The van der Waals surface area contributed by atoms with Gasteiger partial charge in [0.1, 0.15) is 12.9 Å². The number of carbonyl (C=O) groups is 1. The molecular formula is C15H24O5S. The van der Waals surface area contributed by atoms with Crippen LogP contribution in [0, 0.1) is 0 Å². The van der Waals surface area contributed by atoms with E-state index in [1.54, 1.807) is 6.26 Å². The molecule has 21 heavy (non-hydrogen) atoms. The molecule has 2 aliphatic rings. The molecule has 1 fully saturated rings. The van der Waals surface area contributed by atoms with Crippen molar-refractivity contribution in [3.8, 4) is 0 Å². The summed E-state index contributed by atoms with van der Waals surface area (Å²) in [5, 5.41) is -0.283. The van der Waals surface area contributed by atoms with Crippen LogP contribution in [0.2, 0.25) is 0 Å². The smallest absolute Gasteiger partial charge is 0.367 e. The van der Waals surface area contributed by atoms with Gasteiger partial charge in [0.25, 0.3) is 0 Å². The molecule has 0 aromatic carbocycles. The molecule has 0 aromatic rings. The van der Waals surface area contributed by atoms with Crippen LogP contribution in [0.25, 0.3) is 0 Å². The predicted molar refractivity (Wildman–Crippen MR) is 81.4 cm³/mol. The van der Waals surface area contributed by atoms with Gasteiger partial charge < -0.3 is 18.9 Å². The third-order valence-corrected chi connectivity index (χ3v) is 3.80. The molecule has 0 spiro atoms. The number of ether oxygens (including phenoxy) is 4. The van der Waals surface area contributed by atoms with Gasteiger partial charge in [0.2, 0.25) is 0 Å². The fourth-order valence-corrected chi connectivity index (χ4v) is 2.75. The molecule has 1 aliphatic carbocycles. The van der Waals surface area contributed by atoms with Gasteiger partial charge in [0, 0.05) is 12.8 Å². The lowest BCUT2D eigenvalue weighted by molar-refractivity contribution is -0.0613. The van der Waals surface area contributed by atoms with Crippen molar-refractivity contribution in [3.05, 3.63) is 12.2 Å². The Labute approximate surface area is 130 Å². The Bertz CT molecular complexity index is 390. The van der Waals surface area contributed by atoms with E-state index < -0.39 is 0 Å². The molecule has 0 N–H and O–H groups in total. The molecule has 0 radical (unpaired) electrons. The van der Waals surface area contributed by atoms with Crippen LogP contribution in [0.5, 0.6) is 0 Å². The maximum atomic E-state index is 11.5. The van der Waals surface area contributed by atoms with E-state index in [1.165, 1.54) is 0 Å². The summed E-state index contributed by atoms with van der Waals surface area (Å²) in [4.78, 5) is 11.5. The first kappa shape index (κ1) is 16.8. The van der Waals surface area contributed by atoms with Crippen LogP contribution in [0.15, 0.2) is 12.2 Å². The largest absolute Gasteiger partial charge is 0.450 e. The van der Waals surface area contributed by atoms with Crippen LogP contribution in [0.3, 0.4) is 0 Å². The number of hydrogen-bond donors (Lipinski definition) is 0. The van der Waals surface area contributed by atoms with Crippen LogP contribution in [0.1, 0.15) is 33.6 Å². The molecule has 5 nitrogen and oxygen atoms in total. The summed E-state index contributed by atoms with van der Waals surface area (Å²) in [6, 6.07) is 0. The average Bonchev–Trinajstić information content (AvgIpc) is 2.78. The Balaban J connectivity index is 2.09. The molecule has 0 bridgehead atoms. The van der Waals surface area contributed by atoms with E-state index in [0.29, 0.717) is 13.2 Å². The Hall–Kier alpha value is -0.560. The van der Waals surface area contributed by atoms with Crippen molar-refractivity contribution in [1.29, 1.82) is 0 Å². The Kier molecular flexibility index (Phi) is 5.71. The molecule has 0 aromatic heterocycles. The summed E-state index contributed by atoms with van der Waals surface area (Å²) in [7, 11) is 0. The highest BCUT2D eigenvalue weighted by molar-refractivity contribution is 8.12. The van der Waals surface area contributed by atoms with Gasteiger partial charge in [-0.3, -0.25) is 0 Å². The predicted octanol–water partition coefficient (Wildman–Crippen LogP) is 3.13. The second-order valence-corrected chi connectivity index (χ2v) is 7.01. The molecule has 4 unspecified atom stereocenters. The minimum atomic E-state index is -0.300. The summed E-state index contributed by atoms with van der Waals surface area (Å²) in [6.45, 7) is 6.36. The van der Waals surface area contributed by atoms with Gasteiger partial charge in [-0.05, 0) is 44.9 Å². The fourth-order valence-electron chi connectivity index (χ4n) is 2.53. The van der Waals surface area contributed by atoms with Crippen molar-refractivity contribution >= 4 is 17.1 Å². The van der Waals surface area contributed by atoms with Gasteiger partial charge in [-0.25, -0.2) is 4.79 Å². The van der Waals surface area contributed by atoms with Gasteiger partial charge in [-0.2, -0.15) is 0 Å². The van der Waals surface area contributed by atoms with Crippen molar-refractivity contribution in [2.75, 3.05) is 13.0 Å². The molecule has 1 heterocycles. The number of thioether (sulfide) groups is 1. The minimum Gasteiger partial charge on any atom is -0.450 e. The second kappa shape index (κ2) is 7.13. The van der Waals surface area contributed by atoms with E-state index in [1.807, 2.05) is 32.9 Å². The zero-order valence-corrected chi connectivity index (χ0v) is 13.9. The lowest BCUT2D eigenvalue weighted by Gasteiger charge is -2.31. The zero-order valence-electron chi connectivity index (χ0n) is 13.0. The first-order chi connectivity index (χ1) is 9.87. The van der Waals surface area contributed by atoms with Crippen molar-refractivity contribution in [2.45, 2.75) is 63.6 Å². The van der Waals surface area contributed by atoms with E-state index in [9.17, 15) is 4.79 Å². The second-order valence-electron chi connectivity index (χ2n) is 6.26. The van der Waals surface area contributed by atoms with Gasteiger partial charge in [-0.1, -0.05) is 6.08 Å². The number of fused-ring (bicyclic) bond motifs is 1.